The smallest absolute Gasteiger partial charge is 0.0653 e. The van der Waals surface area contributed by atoms with Crippen LogP contribution in [0.5, 0.6) is 0 Å². The Kier molecular flexibility index (Phi) is 3.26. The van der Waals surface area contributed by atoms with Crippen molar-refractivity contribution in [2.75, 3.05) is 0 Å². The van der Waals surface area contributed by atoms with Gasteiger partial charge in [0.25, 0.3) is 0 Å². The number of allylic oxidation sites excluding steroid dienone is 2. The fraction of sp³-hybridized carbons (Fsp3) is 0.833. The Balaban J connectivity index is 2.82. The molecule has 1 aliphatic rings. The van der Waals surface area contributed by atoms with Gasteiger partial charge >= 0.3 is 0 Å². The monoisotopic (exact) mass is 176 g/mol. The van der Waals surface area contributed by atoms with Gasteiger partial charge in [0.1, 0.15) is 0 Å². The van der Waals surface area contributed by atoms with Crippen molar-refractivity contribution in [1.82, 2.24) is 0 Å². The average molecular weight is 176 g/mol. The van der Waals surface area contributed by atoms with E-state index in [1.165, 1.54) is 0 Å². The molecule has 0 saturated carbocycles. The first-order valence-corrected chi connectivity index (χ1v) is 5.40. The van der Waals surface area contributed by atoms with Gasteiger partial charge < -0.3 is 0 Å². The van der Waals surface area contributed by atoms with Crippen molar-refractivity contribution < 1.29 is 0 Å². The van der Waals surface area contributed by atoms with Gasteiger partial charge in [-0.15, -0.1) is 0 Å². The van der Waals surface area contributed by atoms with Crippen molar-refractivity contribution in [2.24, 2.45) is 23.2 Å². The van der Waals surface area contributed by atoms with Gasteiger partial charge in [-0.25, -0.2) is 0 Å². The average Bonchev–Trinajstić information content (AvgIpc) is 2.10. The molecule has 1 rings (SSSR count). The lowest BCUT2D eigenvalue weighted by molar-refractivity contribution is 0.148. The Labute approximate surface area is 84.2 Å². The normalized spacial score (nSPS) is 45.1. The van der Waals surface area contributed by atoms with E-state index in [4.69, 9.17) is 7.85 Å². The van der Waals surface area contributed by atoms with Gasteiger partial charge in [-0.2, -0.15) is 0 Å². The quantitative estimate of drug-likeness (QED) is 0.446. The molecular formula is C12H21B. The molecule has 0 amide bonds. The van der Waals surface area contributed by atoms with E-state index in [9.17, 15) is 0 Å². The Morgan fingerprint density at radius 3 is 2.46 bits per heavy atom. The molecule has 0 bridgehead atoms. The summed E-state index contributed by atoms with van der Waals surface area (Å²) in [5.41, 5.74) is 0.334. The molecule has 0 aliphatic heterocycles. The van der Waals surface area contributed by atoms with Crippen LogP contribution in [0.25, 0.3) is 0 Å². The van der Waals surface area contributed by atoms with Crippen LogP contribution in [-0.4, -0.2) is 7.85 Å². The molecule has 2 radical (unpaired) electrons. The molecule has 1 heteroatoms. The van der Waals surface area contributed by atoms with Gasteiger partial charge in [-0.3, -0.25) is 0 Å². The lowest BCUT2D eigenvalue weighted by Gasteiger charge is -2.42. The molecule has 0 aromatic rings. The maximum Gasteiger partial charge on any atom is 0.0653 e. The summed E-state index contributed by atoms with van der Waals surface area (Å²) in [5.74, 6) is 2.25. The first-order valence-electron chi connectivity index (χ1n) is 5.40. The highest BCUT2D eigenvalue weighted by Gasteiger charge is 2.35. The van der Waals surface area contributed by atoms with Crippen molar-refractivity contribution in [1.29, 1.82) is 0 Å². The molecular weight excluding hydrogens is 155 g/mol. The fourth-order valence-electron chi connectivity index (χ4n) is 2.38. The van der Waals surface area contributed by atoms with Crippen molar-refractivity contribution >= 4 is 7.85 Å². The number of hydrogen-bond acceptors (Lipinski definition) is 0. The number of hydrogen-bond donors (Lipinski definition) is 0. The minimum Gasteiger partial charge on any atom is -0.0879 e. The van der Waals surface area contributed by atoms with E-state index >= 15 is 0 Å². The van der Waals surface area contributed by atoms with Crippen LogP contribution in [0.4, 0.5) is 0 Å². The lowest BCUT2D eigenvalue weighted by atomic mass is 9.62. The zero-order chi connectivity index (χ0) is 10.1. The lowest BCUT2D eigenvalue weighted by Crippen LogP contribution is -2.34. The third-order valence-corrected chi connectivity index (χ3v) is 4.12. The molecule has 4 atom stereocenters. The highest BCUT2D eigenvalue weighted by molar-refractivity contribution is 6.08. The summed E-state index contributed by atoms with van der Waals surface area (Å²) >= 11 is 0. The predicted octanol–water partition coefficient (Wildman–Crippen LogP) is 3.45. The topological polar surface area (TPSA) is 0 Å². The van der Waals surface area contributed by atoms with Crippen LogP contribution in [0.3, 0.4) is 0 Å². The van der Waals surface area contributed by atoms with E-state index in [0.29, 0.717) is 5.41 Å². The second-order valence-corrected chi connectivity index (χ2v) is 4.91. The summed E-state index contributed by atoms with van der Waals surface area (Å²) in [6.07, 6.45) is 6.66. The molecule has 0 spiro atoms. The van der Waals surface area contributed by atoms with Gasteiger partial charge in [0.05, 0.1) is 7.85 Å². The van der Waals surface area contributed by atoms with E-state index in [1.54, 1.807) is 0 Å². The maximum atomic E-state index is 5.65. The zero-order valence-electron chi connectivity index (χ0n) is 9.38. The standard InChI is InChI=1S/C12H21B/c1-9-5-6-12(4,7-8-13)11(3)10(9)2/h5-6,9-11H,7-8H2,1-4H3. The van der Waals surface area contributed by atoms with Crippen molar-refractivity contribution in [3.05, 3.63) is 12.2 Å². The van der Waals surface area contributed by atoms with Crippen molar-refractivity contribution in [3.63, 3.8) is 0 Å². The van der Waals surface area contributed by atoms with Gasteiger partial charge in [-0.05, 0) is 23.2 Å². The van der Waals surface area contributed by atoms with Gasteiger partial charge in [-0.1, -0.05) is 52.6 Å². The second kappa shape index (κ2) is 3.90. The van der Waals surface area contributed by atoms with Crippen molar-refractivity contribution in [3.8, 4) is 0 Å². The van der Waals surface area contributed by atoms with Crippen LogP contribution >= 0.6 is 0 Å². The van der Waals surface area contributed by atoms with Crippen LogP contribution in [-0.2, 0) is 0 Å². The van der Waals surface area contributed by atoms with E-state index < -0.39 is 0 Å². The van der Waals surface area contributed by atoms with E-state index in [0.717, 1.165) is 30.5 Å². The van der Waals surface area contributed by atoms with Crippen LogP contribution in [0, 0.1) is 23.2 Å². The zero-order valence-corrected chi connectivity index (χ0v) is 9.38. The molecule has 0 N–H and O–H groups in total. The molecule has 13 heavy (non-hydrogen) atoms. The van der Waals surface area contributed by atoms with Crippen LogP contribution in [0.2, 0.25) is 6.32 Å². The summed E-state index contributed by atoms with van der Waals surface area (Å²) < 4.78 is 0. The van der Waals surface area contributed by atoms with Gasteiger partial charge in [0, 0.05) is 0 Å². The predicted molar refractivity (Wildman–Crippen MR) is 59.9 cm³/mol. The molecule has 0 aromatic heterocycles. The Hall–Kier alpha value is -0.195. The molecule has 0 saturated heterocycles. The van der Waals surface area contributed by atoms with Gasteiger partial charge in [0.15, 0.2) is 0 Å². The largest absolute Gasteiger partial charge is 0.0879 e. The molecule has 1 aliphatic carbocycles. The first kappa shape index (κ1) is 10.9. The molecule has 0 nitrogen and oxygen atoms in total. The summed E-state index contributed by atoms with van der Waals surface area (Å²) in [6.45, 7) is 9.36. The van der Waals surface area contributed by atoms with Gasteiger partial charge in [0.2, 0.25) is 0 Å². The molecule has 0 heterocycles. The Morgan fingerprint density at radius 1 is 1.31 bits per heavy atom. The summed E-state index contributed by atoms with van der Waals surface area (Å²) in [4.78, 5) is 0. The Morgan fingerprint density at radius 2 is 1.92 bits per heavy atom. The minimum absolute atomic E-state index is 0.334. The van der Waals surface area contributed by atoms with E-state index in [-0.39, 0.29) is 0 Å². The Bertz CT molecular complexity index is 197. The summed E-state index contributed by atoms with van der Waals surface area (Å²) in [6, 6.07) is 0. The SMILES string of the molecule is [B]CCC1(C)C=CC(C)C(C)C1C. The highest BCUT2D eigenvalue weighted by atomic mass is 14.4. The molecule has 72 valence electrons. The molecule has 0 fully saturated rings. The van der Waals surface area contributed by atoms with Crippen LogP contribution in [0.15, 0.2) is 12.2 Å². The first-order chi connectivity index (χ1) is 6.01. The van der Waals surface area contributed by atoms with Crippen LogP contribution < -0.4 is 0 Å². The highest BCUT2D eigenvalue weighted by Crippen LogP contribution is 2.44. The van der Waals surface area contributed by atoms with E-state index in [1.807, 2.05) is 0 Å². The third kappa shape index (κ3) is 2.00. The van der Waals surface area contributed by atoms with Crippen LogP contribution in [0.1, 0.15) is 34.1 Å². The number of rotatable bonds is 2. The summed E-state index contributed by atoms with van der Waals surface area (Å²) in [5, 5.41) is 0. The maximum absolute atomic E-state index is 5.65. The van der Waals surface area contributed by atoms with E-state index in [2.05, 4.69) is 39.8 Å². The fourth-order valence-corrected chi connectivity index (χ4v) is 2.38. The minimum atomic E-state index is 0.334. The summed E-state index contributed by atoms with van der Waals surface area (Å²) in [7, 11) is 5.65. The molecule has 0 aromatic carbocycles. The third-order valence-electron chi connectivity index (χ3n) is 4.12. The second-order valence-electron chi connectivity index (χ2n) is 4.91. The van der Waals surface area contributed by atoms with Crippen molar-refractivity contribution in [2.45, 2.75) is 40.4 Å². The molecule has 4 unspecified atom stereocenters.